The number of halogens is 1. The van der Waals surface area contributed by atoms with Crippen molar-refractivity contribution < 1.29 is 9.13 Å². The van der Waals surface area contributed by atoms with E-state index in [0.717, 1.165) is 16.6 Å². The molecular formula is C20H20FN7O. The van der Waals surface area contributed by atoms with Gasteiger partial charge in [-0.3, -0.25) is 9.88 Å². The van der Waals surface area contributed by atoms with Crippen molar-refractivity contribution >= 4 is 22.5 Å². The Bertz CT molecular complexity index is 1180. The molecule has 1 unspecified atom stereocenters. The molecule has 0 saturated heterocycles. The minimum Gasteiger partial charge on any atom is -0.494 e. The van der Waals surface area contributed by atoms with Crippen molar-refractivity contribution in [2.45, 2.75) is 25.6 Å². The first kappa shape index (κ1) is 17.7. The van der Waals surface area contributed by atoms with Crippen LogP contribution in [0.4, 0.5) is 10.3 Å². The number of nitrogen functional groups attached to an aromatic ring is 1. The van der Waals surface area contributed by atoms with Gasteiger partial charge < -0.3 is 10.5 Å². The number of alkyl halides is 1. The fourth-order valence-electron chi connectivity index (χ4n) is 3.89. The topological polar surface area (TPSA) is 94.5 Å². The third kappa shape index (κ3) is 2.94. The van der Waals surface area contributed by atoms with Crippen LogP contribution in [0.5, 0.6) is 5.75 Å². The predicted octanol–water partition coefficient (Wildman–Crippen LogP) is 2.16. The molecule has 2 N–H and O–H groups in total. The van der Waals surface area contributed by atoms with Crippen molar-refractivity contribution in [3.8, 4) is 5.75 Å². The second-order valence-electron chi connectivity index (χ2n) is 7.12. The van der Waals surface area contributed by atoms with E-state index in [2.05, 4.69) is 25.0 Å². The summed E-state index contributed by atoms with van der Waals surface area (Å²) in [6.07, 6.45) is 2.14. The van der Waals surface area contributed by atoms with Gasteiger partial charge >= 0.3 is 0 Å². The van der Waals surface area contributed by atoms with E-state index in [1.165, 1.54) is 4.52 Å². The highest BCUT2D eigenvalue weighted by Gasteiger charge is 2.28. The Kier molecular flexibility index (Phi) is 4.24. The second kappa shape index (κ2) is 6.93. The highest BCUT2D eigenvalue weighted by atomic mass is 19.1. The van der Waals surface area contributed by atoms with Crippen LogP contribution < -0.4 is 10.5 Å². The van der Waals surface area contributed by atoms with Gasteiger partial charge in [-0.1, -0.05) is 12.1 Å². The Labute approximate surface area is 166 Å². The fourth-order valence-corrected chi connectivity index (χ4v) is 3.89. The molecule has 3 aromatic heterocycles. The summed E-state index contributed by atoms with van der Waals surface area (Å²) in [4.78, 5) is 15.5. The standard InChI is InChI=1S/C20H20FN7O/c1-29-16-6-2-5-14-18(16)25-20(22)28-19(14)24-17(26-28)8-13(9-21)27-10-12-4-3-7-23-15(12)11-27/h2-7,13H,8-11H2,1H3,(H2,22,25). The molecule has 0 spiro atoms. The molecule has 148 valence electrons. The Balaban J connectivity index is 1.49. The van der Waals surface area contributed by atoms with E-state index in [9.17, 15) is 4.39 Å². The molecule has 0 saturated carbocycles. The monoisotopic (exact) mass is 393 g/mol. The smallest absolute Gasteiger partial charge is 0.223 e. The van der Waals surface area contributed by atoms with Crippen LogP contribution >= 0.6 is 0 Å². The van der Waals surface area contributed by atoms with Gasteiger partial charge in [0.05, 0.1) is 12.8 Å². The van der Waals surface area contributed by atoms with Gasteiger partial charge in [0.2, 0.25) is 5.95 Å². The molecule has 0 fully saturated rings. The highest BCUT2D eigenvalue weighted by Crippen LogP contribution is 2.28. The number of hydrogen-bond acceptors (Lipinski definition) is 7. The summed E-state index contributed by atoms with van der Waals surface area (Å²) in [6.45, 7) is 0.808. The zero-order valence-corrected chi connectivity index (χ0v) is 15.9. The molecule has 4 heterocycles. The molecule has 0 bridgehead atoms. The molecule has 9 heteroatoms. The van der Waals surface area contributed by atoms with Crippen molar-refractivity contribution in [1.82, 2.24) is 29.5 Å². The number of fused-ring (bicyclic) bond motifs is 4. The number of nitrogens with two attached hydrogens (primary N) is 1. The van der Waals surface area contributed by atoms with E-state index in [0.29, 0.717) is 42.2 Å². The van der Waals surface area contributed by atoms with Crippen LogP contribution in [0.25, 0.3) is 16.6 Å². The van der Waals surface area contributed by atoms with Gasteiger partial charge in [-0.2, -0.15) is 4.52 Å². The average Bonchev–Trinajstić information content (AvgIpc) is 3.36. The molecular weight excluding hydrogens is 373 g/mol. The molecule has 1 aromatic carbocycles. The van der Waals surface area contributed by atoms with Crippen molar-refractivity contribution in [2.75, 3.05) is 19.5 Å². The van der Waals surface area contributed by atoms with Gasteiger partial charge in [-0.25, -0.2) is 14.4 Å². The second-order valence-corrected chi connectivity index (χ2v) is 7.12. The minimum atomic E-state index is -0.494. The lowest BCUT2D eigenvalue weighted by Gasteiger charge is -2.23. The lowest BCUT2D eigenvalue weighted by Crippen LogP contribution is -2.34. The minimum absolute atomic E-state index is 0.213. The van der Waals surface area contributed by atoms with Gasteiger partial charge in [0.1, 0.15) is 17.9 Å². The lowest BCUT2D eigenvalue weighted by atomic mass is 10.2. The summed E-state index contributed by atoms with van der Waals surface area (Å²) in [5.41, 5.74) is 9.46. The Morgan fingerprint density at radius 2 is 2.10 bits per heavy atom. The first-order chi connectivity index (χ1) is 14.2. The normalized spacial score (nSPS) is 15.1. The quantitative estimate of drug-likeness (QED) is 0.555. The van der Waals surface area contributed by atoms with E-state index in [4.69, 9.17) is 10.5 Å². The number of rotatable bonds is 5. The van der Waals surface area contributed by atoms with Gasteiger partial charge in [0, 0.05) is 37.1 Å². The predicted molar refractivity (Wildman–Crippen MR) is 106 cm³/mol. The van der Waals surface area contributed by atoms with E-state index < -0.39 is 6.67 Å². The van der Waals surface area contributed by atoms with Crippen LogP contribution in [-0.2, 0) is 19.5 Å². The number of methoxy groups -OCH3 is 1. The summed E-state index contributed by atoms with van der Waals surface area (Å²) < 4.78 is 20.8. The number of aromatic nitrogens is 5. The summed E-state index contributed by atoms with van der Waals surface area (Å²) in [6, 6.07) is 9.19. The molecule has 0 radical (unpaired) electrons. The number of nitrogens with zero attached hydrogens (tertiary/aromatic N) is 6. The zero-order valence-electron chi connectivity index (χ0n) is 15.9. The van der Waals surface area contributed by atoms with Crippen LogP contribution in [-0.4, -0.2) is 49.3 Å². The van der Waals surface area contributed by atoms with Crippen molar-refractivity contribution in [1.29, 1.82) is 0 Å². The van der Waals surface area contributed by atoms with Crippen molar-refractivity contribution in [2.24, 2.45) is 0 Å². The number of hydrogen-bond donors (Lipinski definition) is 1. The molecule has 1 aliphatic rings. The van der Waals surface area contributed by atoms with E-state index in [1.807, 2.05) is 30.3 Å². The van der Waals surface area contributed by atoms with E-state index in [-0.39, 0.29) is 12.0 Å². The van der Waals surface area contributed by atoms with Crippen LogP contribution in [0, 0.1) is 0 Å². The number of para-hydroxylation sites is 1. The highest BCUT2D eigenvalue weighted by molar-refractivity contribution is 5.95. The maximum absolute atomic E-state index is 13.9. The summed E-state index contributed by atoms with van der Waals surface area (Å²) >= 11 is 0. The van der Waals surface area contributed by atoms with Crippen LogP contribution in [0.1, 0.15) is 17.1 Å². The first-order valence-electron chi connectivity index (χ1n) is 9.38. The molecule has 5 rings (SSSR count). The SMILES string of the molecule is COc1cccc2c1nc(N)n1nc(CC(CF)N3Cc4cccnc4C3)nc21. The Morgan fingerprint density at radius 3 is 2.90 bits per heavy atom. The molecule has 8 nitrogen and oxygen atoms in total. The van der Waals surface area contributed by atoms with Crippen LogP contribution in [0.2, 0.25) is 0 Å². The third-order valence-electron chi connectivity index (χ3n) is 5.38. The number of benzene rings is 1. The summed E-state index contributed by atoms with van der Waals surface area (Å²) in [7, 11) is 1.58. The Morgan fingerprint density at radius 1 is 1.21 bits per heavy atom. The van der Waals surface area contributed by atoms with E-state index in [1.54, 1.807) is 13.3 Å². The summed E-state index contributed by atoms with van der Waals surface area (Å²) in [5.74, 6) is 1.36. The molecule has 0 aliphatic carbocycles. The Hall–Kier alpha value is -3.33. The van der Waals surface area contributed by atoms with Crippen molar-refractivity contribution in [3.05, 3.63) is 53.6 Å². The van der Waals surface area contributed by atoms with Crippen molar-refractivity contribution in [3.63, 3.8) is 0 Å². The molecule has 1 atom stereocenters. The lowest BCUT2D eigenvalue weighted by molar-refractivity contribution is 0.162. The molecule has 0 amide bonds. The summed E-state index contributed by atoms with van der Waals surface area (Å²) in [5, 5.41) is 5.28. The molecule has 1 aliphatic heterocycles. The number of ether oxygens (including phenoxy) is 1. The zero-order chi connectivity index (χ0) is 20.0. The molecule has 4 aromatic rings. The first-order valence-corrected chi connectivity index (χ1v) is 9.38. The maximum Gasteiger partial charge on any atom is 0.223 e. The third-order valence-corrected chi connectivity index (χ3v) is 5.38. The molecule has 29 heavy (non-hydrogen) atoms. The number of anilines is 1. The van der Waals surface area contributed by atoms with Crippen LogP contribution in [0.15, 0.2) is 36.5 Å². The van der Waals surface area contributed by atoms with Gasteiger partial charge in [0.15, 0.2) is 11.5 Å². The average molecular weight is 393 g/mol. The largest absolute Gasteiger partial charge is 0.494 e. The fraction of sp³-hybridized carbons (Fsp3) is 0.300. The van der Waals surface area contributed by atoms with Crippen LogP contribution in [0.3, 0.4) is 0 Å². The maximum atomic E-state index is 13.9. The number of pyridine rings is 1. The van der Waals surface area contributed by atoms with Gasteiger partial charge in [-0.05, 0) is 23.8 Å². The van der Waals surface area contributed by atoms with E-state index >= 15 is 0 Å². The van der Waals surface area contributed by atoms with Gasteiger partial charge in [-0.15, -0.1) is 5.10 Å². The van der Waals surface area contributed by atoms with Gasteiger partial charge in [0.25, 0.3) is 0 Å².